The summed E-state index contributed by atoms with van der Waals surface area (Å²) in [6.07, 6.45) is 4.22. The van der Waals surface area contributed by atoms with E-state index < -0.39 is 0 Å². The third-order valence-electron chi connectivity index (χ3n) is 2.97. The summed E-state index contributed by atoms with van der Waals surface area (Å²) in [7, 11) is 0. The van der Waals surface area contributed by atoms with Crippen LogP contribution in [0.5, 0.6) is 0 Å². The van der Waals surface area contributed by atoms with E-state index in [1.165, 1.54) is 0 Å². The normalized spacial score (nSPS) is 21.1. The Morgan fingerprint density at radius 3 is 2.88 bits per heavy atom. The monoisotopic (exact) mass is 222 g/mol. The Morgan fingerprint density at radius 1 is 1.62 bits per heavy atom. The van der Waals surface area contributed by atoms with Gasteiger partial charge in [0.15, 0.2) is 0 Å². The molecule has 5 heteroatoms. The van der Waals surface area contributed by atoms with Crippen molar-refractivity contribution in [3.8, 4) is 0 Å². The number of anilines is 1. The van der Waals surface area contributed by atoms with Gasteiger partial charge in [0.1, 0.15) is 0 Å². The molecule has 2 heterocycles. The van der Waals surface area contributed by atoms with Gasteiger partial charge < -0.3 is 10.6 Å². The Morgan fingerprint density at radius 2 is 2.38 bits per heavy atom. The molecule has 1 saturated heterocycles. The largest absolute Gasteiger partial charge is 0.330 e. The SMILES string of the molecule is CC(C)n1cc(N2CC(CN)CC2=O)cn1. The van der Waals surface area contributed by atoms with Crippen LogP contribution in [0, 0.1) is 5.92 Å². The van der Waals surface area contributed by atoms with E-state index in [0.717, 1.165) is 12.2 Å². The zero-order valence-electron chi connectivity index (χ0n) is 9.76. The molecule has 1 unspecified atom stereocenters. The van der Waals surface area contributed by atoms with Crippen molar-refractivity contribution in [1.29, 1.82) is 0 Å². The number of carbonyl (C=O) groups is 1. The second-order valence-electron chi connectivity index (χ2n) is 4.58. The van der Waals surface area contributed by atoms with Crippen molar-refractivity contribution >= 4 is 11.6 Å². The Kier molecular flexibility index (Phi) is 2.96. The summed E-state index contributed by atoms with van der Waals surface area (Å²) >= 11 is 0. The van der Waals surface area contributed by atoms with Gasteiger partial charge in [-0.2, -0.15) is 5.10 Å². The van der Waals surface area contributed by atoms with Crippen LogP contribution in [0.2, 0.25) is 0 Å². The van der Waals surface area contributed by atoms with Crippen molar-refractivity contribution in [3.05, 3.63) is 12.4 Å². The van der Waals surface area contributed by atoms with Crippen LogP contribution in [0.15, 0.2) is 12.4 Å². The fourth-order valence-corrected chi connectivity index (χ4v) is 1.94. The Hall–Kier alpha value is -1.36. The molecule has 1 amide bonds. The molecule has 1 atom stereocenters. The Bertz CT molecular complexity index is 385. The van der Waals surface area contributed by atoms with Crippen LogP contribution in [0.1, 0.15) is 26.3 Å². The van der Waals surface area contributed by atoms with E-state index in [4.69, 9.17) is 5.73 Å². The number of nitrogens with two attached hydrogens (primary N) is 1. The smallest absolute Gasteiger partial charge is 0.227 e. The molecule has 1 aliphatic heterocycles. The lowest BCUT2D eigenvalue weighted by atomic mass is 10.1. The van der Waals surface area contributed by atoms with Gasteiger partial charge in [-0.3, -0.25) is 9.48 Å². The van der Waals surface area contributed by atoms with Gasteiger partial charge in [0.05, 0.1) is 11.9 Å². The van der Waals surface area contributed by atoms with E-state index in [9.17, 15) is 4.79 Å². The maximum Gasteiger partial charge on any atom is 0.227 e. The average Bonchev–Trinajstić information content (AvgIpc) is 2.83. The predicted molar refractivity (Wildman–Crippen MR) is 62.1 cm³/mol. The van der Waals surface area contributed by atoms with E-state index in [-0.39, 0.29) is 11.8 Å². The lowest BCUT2D eigenvalue weighted by Gasteiger charge is -2.13. The minimum Gasteiger partial charge on any atom is -0.330 e. The molecule has 0 aliphatic carbocycles. The van der Waals surface area contributed by atoms with Gasteiger partial charge in [-0.05, 0) is 26.3 Å². The molecule has 0 radical (unpaired) electrons. The van der Waals surface area contributed by atoms with E-state index in [0.29, 0.717) is 19.0 Å². The second kappa shape index (κ2) is 4.25. The van der Waals surface area contributed by atoms with Crippen molar-refractivity contribution < 1.29 is 4.79 Å². The first-order valence-corrected chi connectivity index (χ1v) is 5.66. The number of nitrogens with zero attached hydrogens (tertiary/aromatic N) is 3. The molecule has 1 aliphatic rings. The van der Waals surface area contributed by atoms with Crippen molar-refractivity contribution in [2.24, 2.45) is 11.7 Å². The summed E-state index contributed by atoms with van der Waals surface area (Å²) in [6, 6.07) is 0.316. The maximum absolute atomic E-state index is 11.8. The Balaban J connectivity index is 2.15. The Labute approximate surface area is 95.2 Å². The van der Waals surface area contributed by atoms with Gasteiger partial charge in [-0.15, -0.1) is 0 Å². The van der Waals surface area contributed by atoms with Gasteiger partial charge in [0.25, 0.3) is 0 Å². The number of carbonyl (C=O) groups excluding carboxylic acids is 1. The molecule has 0 spiro atoms. The zero-order valence-corrected chi connectivity index (χ0v) is 9.76. The van der Waals surface area contributed by atoms with E-state index >= 15 is 0 Å². The first kappa shape index (κ1) is 11.1. The van der Waals surface area contributed by atoms with Crippen LogP contribution in [0.3, 0.4) is 0 Å². The first-order chi connectivity index (χ1) is 7.61. The number of amides is 1. The predicted octanol–water partition coefficient (Wildman–Crippen LogP) is 0.776. The van der Waals surface area contributed by atoms with Crippen LogP contribution in [0.4, 0.5) is 5.69 Å². The first-order valence-electron chi connectivity index (χ1n) is 5.66. The van der Waals surface area contributed by atoms with Crippen LogP contribution >= 0.6 is 0 Å². The molecule has 1 aromatic rings. The number of hydrogen-bond donors (Lipinski definition) is 1. The highest BCUT2D eigenvalue weighted by Gasteiger charge is 2.30. The topological polar surface area (TPSA) is 64.2 Å². The van der Waals surface area contributed by atoms with Crippen molar-refractivity contribution in [2.45, 2.75) is 26.3 Å². The molecule has 2 N–H and O–H groups in total. The van der Waals surface area contributed by atoms with Crippen molar-refractivity contribution in [2.75, 3.05) is 18.0 Å². The number of rotatable bonds is 3. The maximum atomic E-state index is 11.8. The quantitative estimate of drug-likeness (QED) is 0.821. The van der Waals surface area contributed by atoms with Gasteiger partial charge >= 0.3 is 0 Å². The van der Waals surface area contributed by atoms with Crippen LogP contribution in [-0.2, 0) is 4.79 Å². The number of aromatic nitrogens is 2. The second-order valence-corrected chi connectivity index (χ2v) is 4.58. The summed E-state index contributed by atoms with van der Waals surface area (Å²) in [4.78, 5) is 13.5. The average molecular weight is 222 g/mol. The van der Waals surface area contributed by atoms with Crippen LogP contribution in [-0.4, -0.2) is 28.8 Å². The van der Waals surface area contributed by atoms with Gasteiger partial charge in [-0.25, -0.2) is 0 Å². The zero-order chi connectivity index (χ0) is 11.7. The van der Waals surface area contributed by atoms with E-state index in [2.05, 4.69) is 18.9 Å². The molecule has 5 nitrogen and oxygen atoms in total. The minimum absolute atomic E-state index is 0.152. The third kappa shape index (κ3) is 1.95. The molecule has 0 bridgehead atoms. The van der Waals surface area contributed by atoms with E-state index in [1.54, 1.807) is 11.1 Å². The van der Waals surface area contributed by atoms with Crippen LogP contribution < -0.4 is 10.6 Å². The molecular formula is C11H18N4O. The molecule has 2 rings (SSSR count). The van der Waals surface area contributed by atoms with Crippen molar-refractivity contribution in [1.82, 2.24) is 9.78 Å². The summed E-state index contributed by atoms with van der Waals surface area (Å²) < 4.78 is 1.86. The van der Waals surface area contributed by atoms with Gasteiger partial charge in [0, 0.05) is 25.2 Å². The highest BCUT2D eigenvalue weighted by Crippen LogP contribution is 2.24. The van der Waals surface area contributed by atoms with Crippen molar-refractivity contribution in [3.63, 3.8) is 0 Å². The molecule has 1 fully saturated rings. The highest BCUT2D eigenvalue weighted by atomic mass is 16.2. The highest BCUT2D eigenvalue weighted by molar-refractivity contribution is 5.95. The molecular weight excluding hydrogens is 204 g/mol. The number of hydrogen-bond acceptors (Lipinski definition) is 3. The van der Waals surface area contributed by atoms with Gasteiger partial charge in [0.2, 0.25) is 5.91 Å². The molecule has 0 aromatic carbocycles. The molecule has 1 aromatic heterocycles. The summed E-state index contributed by atoms with van der Waals surface area (Å²) in [5, 5.41) is 4.24. The molecule has 0 saturated carbocycles. The summed E-state index contributed by atoms with van der Waals surface area (Å²) in [6.45, 7) is 5.41. The fraction of sp³-hybridized carbons (Fsp3) is 0.636. The molecule has 16 heavy (non-hydrogen) atoms. The van der Waals surface area contributed by atoms with E-state index in [1.807, 2.05) is 10.9 Å². The van der Waals surface area contributed by atoms with Crippen LogP contribution in [0.25, 0.3) is 0 Å². The standard InChI is InChI=1S/C11H18N4O/c1-8(2)15-7-10(5-13-15)14-6-9(4-12)3-11(14)16/h5,7-9H,3-4,6,12H2,1-2H3. The molecule has 88 valence electrons. The van der Waals surface area contributed by atoms with Gasteiger partial charge in [-0.1, -0.05) is 0 Å². The fourth-order valence-electron chi connectivity index (χ4n) is 1.94. The summed E-state index contributed by atoms with van der Waals surface area (Å²) in [5.74, 6) is 0.439. The summed E-state index contributed by atoms with van der Waals surface area (Å²) in [5.41, 5.74) is 6.47. The minimum atomic E-state index is 0.152. The third-order valence-corrected chi connectivity index (χ3v) is 2.97. The lowest BCUT2D eigenvalue weighted by Crippen LogP contribution is -2.25. The lowest BCUT2D eigenvalue weighted by molar-refractivity contribution is -0.117.